The Morgan fingerprint density at radius 2 is 2.07 bits per heavy atom. The number of piperidine rings is 1. The van der Waals surface area contributed by atoms with Gasteiger partial charge in [0.2, 0.25) is 5.91 Å². The molecule has 0 radical (unpaired) electrons. The number of carbonyl (C=O) groups is 1. The maximum absolute atomic E-state index is 13.1. The van der Waals surface area contributed by atoms with E-state index in [0.717, 1.165) is 50.3 Å². The van der Waals surface area contributed by atoms with Gasteiger partial charge in [0.1, 0.15) is 11.6 Å². The van der Waals surface area contributed by atoms with Gasteiger partial charge in [-0.05, 0) is 57.6 Å². The van der Waals surface area contributed by atoms with Gasteiger partial charge in [0.25, 0.3) is 0 Å². The molecule has 1 fully saturated rings. The molecule has 1 amide bonds. The largest absolute Gasteiger partial charge is 0.342 e. The number of halogens is 1. The summed E-state index contributed by atoms with van der Waals surface area (Å²) < 4.78 is 15.3. The van der Waals surface area contributed by atoms with E-state index in [4.69, 9.17) is 0 Å². The van der Waals surface area contributed by atoms with Crippen LogP contribution in [0.5, 0.6) is 0 Å². The molecule has 1 aromatic carbocycles. The van der Waals surface area contributed by atoms with E-state index in [-0.39, 0.29) is 17.6 Å². The van der Waals surface area contributed by atoms with Crippen molar-refractivity contribution >= 4 is 5.91 Å². The van der Waals surface area contributed by atoms with Crippen LogP contribution in [0.3, 0.4) is 0 Å². The lowest BCUT2D eigenvalue weighted by molar-refractivity contribution is -0.131. The summed E-state index contributed by atoms with van der Waals surface area (Å²) in [5.41, 5.74) is 0.855. The van der Waals surface area contributed by atoms with Crippen molar-refractivity contribution in [3.05, 3.63) is 53.9 Å². The number of imidazole rings is 1. The third-order valence-corrected chi connectivity index (χ3v) is 5.16. The Morgan fingerprint density at radius 1 is 1.30 bits per heavy atom. The number of rotatable bonds is 7. The van der Waals surface area contributed by atoms with Gasteiger partial charge in [-0.15, -0.1) is 0 Å². The van der Waals surface area contributed by atoms with Crippen LogP contribution in [0.1, 0.15) is 36.6 Å². The highest BCUT2D eigenvalue weighted by Gasteiger charge is 2.27. The van der Waals surface area contributed by atoms with Crippen molar-refractivity contribution in [1.82, 2.24) is 19.4 Å². The van der Waals surface area contributed by atoms with Gasteiger partial charge < -0.3 is 14.4 Å². The summed E-state index contributed by atoms with van der Waals surface area (Å²) in [6.45, 7) is 3.50. The second-order valence-electron chi connectivity index (χ2n) is 7.62. The van der Waals surface area contributed by atoms with Crippen molar-refractivity contribution in [2.45, 2.75) is 38.1 Å². The Labute approximate surface area is 160 Å². The molecule has 146 valence electrons. The fraction of sp³-hybridized carbons (Fsp3) is 0.524. The van der Waals surface area contributed by atoms with Crippen molar-refractivity contribution < 1.29 is 9.18 Å². The molecule has 0 unspecified atom stereocenters. The molecule has 1 saturated heterocycles. The molecule has 5 nitrogen and oxygen atoms in total. The third-order valence-electron chi connectivity index (χ3n) is 5.16. The number of hydrogen-bond acceptors (Lipinski definition) is 3. The molecular weight excluding hydrogens is 343 g/mol. The Morgan fingerprint density at radius 3 is 2.81 bits per heavy atom. The van der Waals surface area contributed by atoms with Gasteiger partial charge in [0.05, 0.1) is 6.42 Å². The van der Waals surface area contributed by atoms with E-state index in [1.807, 2.05) is 17.3 Å². The summed E-state index contributed by atoms with van der Waals surface area (Å²) in [7, 11) is 4.17. The first kappa shape index (κ1) is 19.5. The molecular formula is C21H29FN4O. The van der Waals surface area contributed by atoms with Gasteiger partial charge in [-0.2, -0.15) is 0 Å². The Hall–Kier alpha value is -2.21. The Bertz CT molecular complexity index is 741. The van der Waals surface area contributed by atoms with Crippen LogP contribution in [-0.4, -0.2) is 59.0 Å². The average molecular weight is 372 g/mol. The number of likely N-dealkylation sites (tertiary alicyclic amines) is 1. The van der Waals surface area contributed by atoms with Crippen LogP contribution in [0.2, 0.25) is 0 Å². The molecule has 1 atom stereocenters. The number of amides is 1. The van der Waals surface area contributed by atoms with E-state index in [0.29, 0.717) is 13.0 Å². The lowest BCUT2D eigenvalue weighted by Gasteiger charge is -2.33. The highest BCUT2D eigenvalue weighted by molar-refractivity contribution is 5.79. The summed E-state index contributed by atoms with van der Waals surface area (Å²) >= 11 is 0. The van der Waals surface area contributed by atoms with Crippen LogP contribution >= 0.6 is 0 Å². The van der Waals surface area contributed by atoms with Gasteiger partial charge in [-0.1, -0.05) is 12.1 Å². The highest BCUT2D eigenvalue weighted by atomic mass is 19.1. The summed E-state index contributed by atoms with van der Waals surface area (Å²) in [5.74, 6) is 1.21. The van der Waals surface area contributed by atoms with E-state index >= 15 is 0 Å². The molecule has 2 aromatic rings. The van der Waals surface area contributed by atoms with Crippen LogP contribution in [0, 0.1) is 5.82 Å². The van der Waals surface area contributed by atoms with Crippen molar-refractivity contribution in [3.8, 4) is 0 Å². The van der Waals surface area contributed by atoms with Crippen LogP contribution < -0.4 is 0 Å². The zero-order valence-electron chi connectivity index (χ0n) is 16.3. The molecule has 0 saturated carbocycles. The van der Waals surface area contributed by atoms with Gasteiger partial charge in [-0.25, -0.2) is 9.37 Å². The first-order valence-electron chi connectivity index (χ1n) is 9.71. The highest BCUT2D eigenvalue weighted by Crippen LogP contribution is 2.26. The molecule has 0 bridgehead atoms. The van der Waals surface area contributed by atoms with Gasteiger partial charge in [-0.3, -0.25) is 4.79 Å². The molecule has 27 heavy (non-hydrogen) atoms. The first-order valence-corrected chi connectivity index (χ1v) is 9.71. The van der Waals surface area contributed by atoms with Crippen LogP contribution in [0.15, 0.2) is 36.7 Å². The van der Waals surface area contributed by atoms with Gasteiger partial charge in [0.15, 0.2) is 0 Å². The zero-order chi connectivity index (χ0) is 19.2. The summed E-state index contributed by atoms with van der Waals surface area (Å²) in [6.07, 6.45) is 7.37. The SMILES string of the molecule is CN(C)CCCn1ccnc1[C@H]1CCCN(C(=O)Cc2ccc(F)cc2)C1. The molecule has 1 aromatic heterocycles. The topological polar surface area (TPSA) is 41.4 Å². The van der Waals surface area contributed by atoms with Crippen LogP contribution in [-0.2, 0) is 17.8 Å². The first-order chi connectivity index (χ1) is 13.0. The predicted molar refractivity (Wildman–Crippen MR) is 104 cm³/mol. The molecule has 0 N–H and O–H groups in total. The summed E-state index contributed by atoms with van der Waals surface area (Å²) in [5, 5.41) is 0. The number of aromatic nitrogens is 2. The summed E-state index contributed by atoms with van der Waals surface area (Å²) in [6, 6.07) is 6.19. The molecule has 1 aliphatic rings. The Balaban J connectivity index is 1.60. The average Bonchev–Trinajstić information content (AvgIpc) is 3.12. The molecule has 1 aliphatic heterocycles. The number of carbonyl (C=O) groups excluding carboxylic acids is 1. The second-order valence-corrected chi connectivity index (χ2v) is 7.62. The molecule has 0 aliphatic carbocycles. The second kappa shape index (κ2) is 9.13. The smallest absolute Gasteiger partial charge is 0.227 e. The maximum atomic E-state index is 13.1. The molecule has 2 heterocycles. The maximum Gasteiger partial charge on any atom is 0.227 e. The fourth-order valence-corrected chi connectivity index (χ4v) is 3.73. The van der Waals surface area contributed by atoms with Crippen molar-refractivity contribution in [2.24, 2.45) is 0 Å². The van der Waals surface area contributed by atoms with E-state index in [1.54, 1.807) is 12.1 Å². The normalized spacial score (nSPS) is 17.5. The van der Waals surface area contributed by atoms with Crippen molar-refractivity contribution in [3.63, 3.8) is 0 Å². The van der Waals surface area contributed by atoms with E-state index in [2.05, 4.69) is 28.5 Å². The number of nitrogens with zero attached hydrogens (tertiary/aromatic N) is 4. The minimum Gasteiger partial charge on any atom is -0.342 e. The van der Waals surface area contributed by atoms with E-state index in [9.17, 15) is 9.18 Å². The third kappa shape index (κ3) is 5.39. The lowest BCUT2D eigenvalue weighted by atomic mass is 9.96. The van der Waals surface area contributed by atoms with Gasteiger partial charge in [0, 0.05) is 37.9 Å². The van der Waals surface area contributed by atoms with Crippen molar-refractivity contribution in [2.75, 3.05) is 33.7 Å². The fourth-order valence-electron chi connectivity index (χ4n) is 3.73. The Kier molecular flexibility index (Phi) is 6.61. The quantitative estimate of drug-likeness (QED) is 0.750. The zero-order valence-corrected chi connectivity index (χ0v) is 16.3. The lowest BCUT2D eigenvalue weighted by Crippen LogP contribution is -2.40. The minimum absolute atomic E-state index is 0.108. The van der Waals surface area contributed by atoms with E-state index in [1.165, 1.54) is 12.1 Å². The standard InChI is InChI=1S/C21H29FN4O/c1-24(2)11-4-13-25-14-10-23-21(25)18-5-3-12-26(16-18)20(27)15-17-6-8-19(22)9-7-17/h6-10,14,18H,3-5,11-13,15-16H2,1-2H3/t18-/m0/s1. The molecule has 0 spiro atoms. The number of benzene rings is 1. The molecule has 3 rings (SSSR count). The monoisotopic (exact) mass is 372 g/mol. The van der Waals surface area contributed by atoms with Crippen LogP contribution in [0.25, 0.3) is 0 Å². The molecule has 6 heteroatoms. The number of aryl methyl sites for hydroxylation is 1. The van der Waals surface area contributed by atoms with Gasteiger partial charge >= 0.3 is 0 Å². The van der Waals surface area contributed by atoms with Crippen molar-refractivity contribution in [1.29, 1.82) is 0 Å². The predicted octanol–water partition coefficient (Wildman–Crippen LogP) is 2.92. The van der Waals surface area contributed by atoms with Crippen LogP contribution in [0.4, 0.5) is 4.39 Å². The minimum atomic E-state index is -0.273. The summed E-state index contributed by atoms with van der Waals surface area (Å²) in [4.78, 5) is 21.4. The number of hydrogen-bond donors (Lipinski definition) is 0. The van der Waals surface area contributed by atoms with E-state index < -0.39 is 0 Å².